The zero-order valence-electron chi connectivity index (χ0n) is 23.8. The molecule has 9 nitrogen and oxygen atoms in total. The maximum absolute atomic E-state index is 12.8. The van der Waals surface area contributed by atoms with Crippen LogP contribution in [-0.4, -0.2) is 54.9 Å². The van der Waals surface area contributed by atoms with Crippen LogP contribution in [-0.2, 0) is 26.1 Å². The molecule has 1 aliphatic heterocycles. The van der Waals surface area contributed by atoms with E-state index >= 15 is 0 Å². The Kier molecular flexibility index (Phi) is 9.76. The summed E-state index contributed by atoms with van der Waals surface area (Å²) in [5, 5.41) is 30.0. The molecule has 0 aliphatic carbocycles. The number of aliphatic hydroxyl groups excluding tert-OH is 2. The molecular weight excluding hydrogens is 568 g/mol. The van der Waals surface area contributed by atoms with Crippen molar-refractivity contribution in [1.29, 1.82) is 0 Å². The smallest absolute Gasteiger partial charge is 0.261 e. The maximum atomic E-state index is 12.8. The number of anilines is 1. The van der Waals surface area contributed by atoms with Crippen molar-refractivity contribution < 1.29 is 33.2 Å². The number of likely N-dealkylation sites (N-methyl/N-ethyl adjacent to an activating group) is 1. The number of benzene rings is 4. The Hall–Kier alpha value is -3.77. The minimum absolute atomic E-state index is 0.0488. The predicted octanol–water partition coefficient (Wildman–Crippen LogP) is 4.90. The molecule has 1 heterocycles. The molecule has 1 fully saturated rings. The van der Waals surface area contributed by atoms with Gasteiger partial charge in [-0.2, -0.15) is 0 Å². The molecule has 4 N–H and O–H groups in total. The molecule has 0 amide bonds. The van der Waals surface area contributed by atoms with E-state index in [0.717, 1.165) is 16.7 Å². The first kappa shape index (κ1) is 30.7. The number of phenols is 1. The van der Waals surface area contributed by atoms with E-state index in [1.807, 2.05) is 36.2 Å². The van der Waals surface area contributed by atoms with Crippen LogP contribution < -0.4 is 4.72 Å². The molecule has 4 aromatic carbocycles. The quantitative estimate of drug-likeness (QED) is 0.190. The number of aromatic hydroxyl groups is 1. The van der Waals surface area contributed by atoms with Gasteiger partial charge in [0, 0.05) is 30.8 Å². The van der Waals surface area contributed by atoms with Gasteiger partial charge in [0.15, 0.2) is 6.29 Å². The van der Waals surface area contributed by atoms with Gasteiger partial charge >= 0.3 is 0 Å². The Bertz CT molecular complexity index is 1580. The summed E-state index contributed by atoms with van der Waals surface area (Å²) in [6.45, 7) is 0.795. The zero-order chi connectivity index (χ0) is 30.4. The van der Waals surface area contributed by atoms with Gasteiger partial charge in [0.05, 0.1) is 29.8 Å². The number of sulfonamides is 1. The lowest BCUT2D eigenvalue weighted by atomic mass is 9.99. The average Bonchev–Trinajstić information content (AvgIpc) is 3.01. The molecule has 1 saturated heterocycles. The summed E-state index contributed by atoms with van der Waals surface area (Å²) in [6, 6.07) is 29.3. The third-order valence-electron chi connectivity index (χ3n) is 7.36. The van der Waals surface area contributed by atoms with Gasteiger partial charge < -0.3 is 29.7 Å². The fourth-order valence-electron chi connectivity index (χ4n) is 5.11. The summed E-state index contributed by atoms with van der Waals surface area (Å²) < 4.78 is 40.9. The molecule has 4 aromatic rings. The third-order valence-corrected chi connectivity index (χ3v) is 8.76. The van der Waals surface area contributed by atoms with Crippen molar-refractivity contribution in [1.82, 2.24) is 4.90 Å². The molecule has 0 saturated carbocycles. The second-order valence-corrected chi connectivity index (χ2v) is 12.4. The van der Waals surface area contributed by atoms with Crippen LogP contribution in [0, 0.1) is 0 Å². The third kappa shape index (κ3) is 7.99. The van der Waals surface area contributed by atoms with Crippen molar-refractivity contribution >= 4 is 15.7 Å². The Labute approximate surface area is 252 Å². The van der Waals surface area contributed by atoms with Gasteiger partial charge in [0.25, 0.3) is 10.0 Å². The molecule has 226 valence electrons. The molecule has 10 heteroatoms. The van der Waals surface area contributed by atoms with E-state index in [-0.39, 0.29) is 29.5 Å². The number of hydrogen-bond acceptors (Lipinski definition) is 8. The summed E-state index contributed by atoms with van der Waals surface area (Å²) >= 11 is 0. The van der Waals surface area contributed by atoms with Crippen molar-refractivity contribution in [2.45, 2.75) is 42.5 Å². The molecule has 43 heavy (non-hydrogen) atoms. The molecule has 0 radical (unpaired) electrons. The first-order valence-corrected chi connectivity index (χ1v) is 15.5. The van der Waals surface area contributed by atoms with Crippen molar-refractivity contribution in [3.63, 3.8) is 0 Å². The Morgan fingerprint density at radius 3 is 2.28 bits per heavy atom. The summed E-state index contributed by atoms with van der Waals surface area (Å²) in [4.78, 5) is 2.16. The van der Waals surface area contributed by atoms with E-state index in [1.54, 1.807) is 66.7 Å². The fourth-order valence-corrected chi connectivity index (χ4v) is 6.19. The molecule has 0 unspecified atom stereocenters. The summed E-state index contributed by atoms with van der Waals surface area (Å²) in [7, 11) is -1.83. The number of aliphatic hydroxyl groups is 2. The standard InChI is InChI=1S/C33H36N2O7S/c1-35(21-31(38)26-6-5-7-28(37)18-26)20-29-19-32(24-12-10-23(22-36)11-13-24)42-33(41-29)25-14-16-27(17-15-25)34-43(39,40)30-8-3-2-4-9-30/h2-18,29,31-34,36-38H,19-22H2,1H3/t29-,31+,32+,33+/m0/s1. The lowest BCUT2D eigenvalue weighted by Gasteiger charge is -2.38. The lowest BCUT2D eigenvalue weighted by Crippen LogP contribution is -2.39. The largest absolute Gasteiger partial charge is 0.508 e. The number of phenolic OH excluding ortho intramolecular Hbond substituents is 1. The van der Waals surface area contributed by atoms with Gasteiger partial charge in [-0.25, -0.2) is 8.42 Å². The molecule has 5 rings (SSSR count). The fraction of sp³-hybridized carbons (Fsp3) is 0.273. The number of nitrogens with one attached hydrogen (secondary N) is 1. The van der Waals surface area contributed by atoms with Crippen molar-refractivity contribution in [2.24, 2.45) is 0 Å². The maximum Gasteiger partial charge on any atom is 0.261 e. The predicted molar refractivity (Wildman–Crippen MR) is 163 cm³/mol. The second kappa shape index (κ2) is 13.7. The Morgan fingerprint density at radius 2 is 1.60 bits per heavy atom. The normalized spacial score (nSPS) is 19.7. The van der Waals surface area contributed by atoms with Gasteiger partial charge in [-0.3, -0.25) is 4.72 Å². The Balaban J connectivity index is 1.31. The van der Waals surface area contributed by atoms with Crippen molar-refractivity contribution in [2.75, 3.05) is 24.9 Å². The second-order valence-electron chi connectivity index (χ2n) is 10.7. The highest BCUT2D eigenvalue weighted by Gasteiger charge is 2.33. The highest BCUT2D eigenvalue weighted by atomic mass is 32.2. The van der Waals surface area contributed by atoms with Gasteiger partial charge in [-0.1, -0.05) is 66.7 Å². The number of nitrogens with zero attached hydrogens (tertiary/aromatic N) is 1. The van der Waals surface area contributed by atoms with Crippen LogP contribution in [0.15, 0.2) is 108 Å². The van der Waals surface area contributed by atoms with E-state index in [1.165, 1.54) is 12.1 Å². The highest BCUT2D eigenvalue weighted by Crippen LogP contribution is 2.38. The van der Waals surface area contributed by atoms with Crippen molar-refractivity contribution in [3.8, 4) is 5.75 Å². The molecular formula is C33H36N2O7S. The van der Waals surface area contributed by atoms with Crippen LogP contribution >= 0.6 is 0 Å². The number of rotatable bonds is 11. The SMILES string of the molecule is CN(C[C@@H]1C[C@H](c2ccc(CO)cc2)O[C@H](c2ccc(NS(=O)(=O)c3ccccc3)cc2)O1)C[C@@H](O)c1cccc(O)c1. The monoisotopic (exact) mass is 604 g/mol. The Morgan fingerprint density at radius 1 is 0.907 bits per heavy atom. The van der Waals surface area contributed by atoms with Gasteiger partial charge in [0.2, 0.25) is 0 Å². The van der Waals surface area contributed by atoms with E-state index in [2.05, 4.69) is 4.72 Å². The molecule has 0 bridgehead atoms. The highest BCUT2D eigenvalue weighted by molar-refractivity contribution is 7.92. The first-order valence-electron chi connectivity index (χ1n) is 14.0. The van der Waals surface area contributed by atoms with Crippen LogP contribution in [0.1, 0.15) is 47.2 Å². The number of hydrogen-bond donors (Lipinski definition) is 4. The summed E-state index contributed by atoms with van der Waals surface area (Å²) in [5.74, 6) is 0.101. The zero-order valence-corrected chi connectivity index (χ0v) is 24.6. The topological polar surface area (TPSA) is 129 Å². The summed E-state index contributed by atoms with van der Waals surface area (Å²) in [5.41, 5.74) is 3.52. The van der Waals surface area contributed by atoms with Crippen LogP contribution in [0.2, 0.25) is 0 Å². The van der Waals surface area contributed by atoms with Gasteiger partial charge in [0.1, 0.15) is 5.75 Å². The molecule has 0 aromatic heterocycles. The van der Waals surface area contributed by atoms with E-state index in [4.69, 9.17) is 9.47 Å². The van der Waals surface area contributed by atoms with Crippen LogP contribution in [0.4, 0.5) is 5.69 Å². The van der Waals surface area contributed by atoms with E-state index < -0.39 is 22.4 Å². The van der Waals surface area contributed by atoms with Gasteiger partial charge in [-0.15, -0.1) is 0 Å². The minimum Gasteiger partial charge on any atom is -0.508 e. The molecule has 1 aliphatic rings. The summed E-state index contributed by atoms with van der Waals surface area (Å²) in [6.07, 6.45) is -1.49. The van der Waals surface area contributed by atoms with Crippen molar-refractivity contribution in [3.05, 3.63) is 125 Å². The molecule has 4 atom stereocenters. The number of ether oxygens (including phenoxy) is 2. The van der Waals surface area contributed by atoms with Crippen LogP contribution in [0.5, 0.6) is 5.75 Å². The first-order chi connectivity index (χ1) is 20.7. The average molecular weight is 605 g/mol. The minimum atomic E-state index is -3.73. The lowest BCUT2D eigenvalue weighted by molar-refractivity contribution is -0.252. The van der Waals surface area contributed by atoms with E-state index in [9.17, 15) is 23.7 Å². The molecule has 0 spiro atoms. The van der Waals surface area contributed by atoms with E-state index in [0.29, 0.717) is 30.8 Å². The van der Waals surface area contributed by atoms with Crippen LogP contribution in [0.3, 0.4) is 0 Å². The van der Waals surface area contributed by atoms with Crippen LogP contribution in [0.25, 0.3) is 0 Å². The van der Waals surface area contributed by atoms with Gasteiger partial charge in [-0.05, 0) is 60.1 Å².